The Morgan fingerprint density at radius 2 is 2.00 bits per heavy atom. The van der Waals surface area contributed by atoms with Crippen LogP contribution in [0.25, 0.3) is 0 Å². The Bertz CT molecular complexity index is 669. The van der Waals surface area contributed by atoms with Gasteiger partial charge in [-0.15, -0.1) is 0 Å². The number of ether oxygens (including phenoxy) is 1. The van der Waals surface area contributed by atoms with Crippen LogP contribution < -0.4 is 4.74 Å². The summed E-state index contributed by atoms with van der Waals surface area (Å²) in [5, 5.41) is 19.8. The molecule has 0 saturated carbocycles. The van der Waals surface area contributed by atoms with Gasteiger partial charge < -0.3 is 9.84 Å². The van der Waals surface area contributed by atoms with E-state index in [2.05, 4.69) is 9.97 Å². The van der Waals surface area contributed by atoms with Crippen molar-refractivity contribution in [2.75, 3.05) is 0 Å². The van der Waals surface area contributed by atoms with Gasteiger partial charge in [0.25, 0.3) is 0 Å². The summed E-state index contributed by atoms with van der Waals surface area (Å²) in [6.45, 7) is 1.78. The van der Waals surface area contributed by atoms with Gasteiger partial charge in [0.05, 0.1) is 10.5 Å². The Balaban J connectivity index is 2.41. The van der Waals surface area contributed by atoms with Crippen molar-refractivity contribution in [3.8, 4) is 11.8 Å². The number of hydrogen-bond donors (Lipinski definition) is 1. The second-order valence-corrected chi connectivity index (χ2v) is 3.89. The maximum absolute atomic E-state index is 10.9. The molecule has 1 N–H and O–H groups in total. The fourth-order valence-corrected chi connectivity index (χ4v) is 1.41. The van der Waals surface area contributed by atoms with Crippen molar-refractivity contribution in [1.82, 2.24) is 9.97 Å². The Labute approximate surface area is 112 Å². The molecule has 102 valence electrons. The number of aromatic nitrogens is 2. The van der Waals surface area contributed by atoms with E-state index in [1.807, 2.05) is 0 Å². The predicted molar refractivity (Wildman–Crippen MR) is 66.9 cm³/mol. The van der Waals surface area contributed by atoms with Crippen molar-refractivity contribution < 1.29 is 19.6 Å². The largest absolute Gasteiger partial charge is 0.478 e. The number of aryl methyl sites for hydroxylation is 1. The third-order valence-electron chi connectivity index (χ3n) is 2.36. The van der Waals surface area contributed by atoms with Crippen molar-refractivity contribution in [3.05, 3.63) is 51.8 Å². The lowest BCUT2D eigenvalue weighted by Gasteiger charge is -2.05. The standard InChI is InChI=1S/C12H9N3O5/c1-7-5-13-12(14-6-7)20-10-4-8(11(16)17)2-3-9(10)15(18)19/h2-6H,1H3,(H,16,17). The molecule has 1 aromatic heterocycles. The molecule has 20 heavy (non-hydrogen) atoms. The number of aromatic carboxylic acids is 1. The first-order chi connectivity index (χ1) is 9.47. The minimum Gasteiger partial charge on any atom is -0.478 e. The Morgan fingerprint density at radius 3 is 2.55 bits per heavy atom. The fraction of sp³-hybridized carbons (Fsp3) is 0.0833. The van der Waals surface area contributed by atoms with E-state index < -0.39 is 10.9 Å². The maximum Gasteiger partial charge on any atom is 0.335 e. The van der Waals surface area contributed by atoms with Gasteiger partial charge in [0.2, 0.25) is 5.75 Å². The molecular formula is C12H9N3O5. The molecule has 8 nitrogen and oxygen atoms in total. The summed E-state index contributed by atoms with van der Waals surface area (Å²) in [6.07, 6.45) is 2.96. The second kappa shape index (κ2) is 5.31. The summed E-state index contributed by atoms with van der Waals surface area (Å²) in [5.41, 5.74) is 0.308. The third kappa shape index (κ3) is 2.86. The molecule has 0 saturated heterocycles. The second-order valence-electron chi connectivity index (χ2n) is 3.89. The van der Waals surface area contributed by atoms with E-state index in [0.717, 1.165) is 23.8 Å². The van der Waals surface area contributed by atoms with Crippen molar-refractivity contribution in [3.63, 3.8) is 0 Å². The number of hydrogen-bond acceptors (Lipinski definition) is 6. The number of carbonyl (C=O) groups is 1. The third-order valence-corrected chi connectivity index (χ3v) is 2.36. The van der Waals surface area contributed by atoms with E-state index >= 15 is 0 Å². The van der Waals surface area contributed by atoms with Crippen molar-refractivity contribution in [2.45, 2.75) is 6.92 Å². The van der Waals surface area contributed by atoms with Crippen LogP contribution in [-0.4, -0.2) is 26.0 Å². The molecule has 0 amide bonds. The number of nitro groups is 1. The highest BCUT2D eigenvalue weighted by Crippen LogP contribution is 2.30. The van der Waals surface area contributed by atoms with Gasteiger partial charge in [-0.05, 0) is 18.6 Å². The Morgan fingerprint density at radius 1 is 1.35 bits per heavy atom. The van der Waals surface area contributed by atoms with Crippen LogP contribution in [-0.2, 0) is 0 Å². The highest BCUT2D eigenvalue weighted by atomic mass is 16.6. The Hall–Kier alpha value is -3.03. The van der Waals surface area contributed by atoms with Gasteiger partial charge in [-0.2, -0.15) is 0 Å². The quantitative estimate of drug-likeness (QED) is 0.671. The summed E-state index contributed by atoms with van der Waals surface area (Å²) in [7, 11) is 0. The van der Waals surface area contributed by atoms with Crippen LogP contribution in [0.4, 0.5) is 5.69 Å². The molecule has 0 unspecified atom stereocenters. The molecule has 0 radical (unpaired) electrons. The Kier molecular flexibility index (Phi) is 3.56. The topological polar surface area (TPSA) is 115 Å². The highest BCUT2D eigenvalue weighted by molar-refractivity contribution is 5.88. The molecule has 0 atom stereocenters. The number of carboxylic acids is 1. The van der Waals surface area contributed by atoms with Gasteiger partial charge in [-0.25, -0.2) is 14.8 Å². The molecule has 8 heteroatoms. The van der Waals surface area contributed by atoms with Gasteiger partial charge in [0, 0.05) is 24.5 Å². The zero-order valence-electron chi connectivity index (χ0n) is 10.3. The van der Waals surface area contributed by atoms with Crippen LogP contribution in [0.1, 0.15) is 15.9 Å². The monoisotopic (exact) mass is 275 g/mol. The van der Waals surface area contributed by atoms with Crippen LogP contribution in [0, 0.1) is 17.0 Å². The molecule has 1 aromatic carbocycles. The van der Waals surface area contributed by atoms with Crippen LogP contribution >= 0.6 is 0 Å². The highest BCUT2D eigenvalue weighted by Gasteiger charge is 2.19. The van der Waals surface area contributed by atoms with Crippen molar-refractivity contribution in [2.24, 2.45) is 0 Å². The molecule has 0 aliphatic carbocycles. The molecule has 0 aliphatic rings. The number of benzene rings is 1. The first-order valence-electron chi connectivity index (χ1n) is 5.45. The molecule has 0 fully saturated rings. The maximum atomic E-state index is 10.9. The predicted octanol–water partition coefficient (Wildman–Crippen LogP) is 2.18. The minimum absolute atomic E-state index is 0.0961. The summed E-state index contributed by atoms with van der Waals surface area (Å²) in [4.78, 5) is 28.8. The summed E-state index contributed by atoms with van der Waals surface area (Å²) < 4.78 is 5.19. The van der Waals surface area contributed by atoms with Crippen molar-refractivity contribution in [1.29, 1.82) is 0 Å². The van der Waals surface area contributed by atoms with E-state index in [1.165, 1.54) is 12.4 Å². The molecule has 2 rings (SSSR count). The lowest BCUT2D eigenvalue weighted by molar-refractivity contribution is -0.385. The lowest BCUT2D eigenvalue weighted by Crippen LogP contribution is -2.01. The molecule has 0 spiro atoms. The molecular weight excluding hydrogens is 266 g/mol. The first-order valence-corrected chi connectivity index (χ1v) is 5.45. The molecule has 0 aliphatic heterocycles. The van der Waals surface area contributed by atoms with E-state index in [0.29, 0.717) is 0 Å². The van der Waals surface area contributed by atoms with Crippen LogP contribution in [0.3, 0.4) is 0 Å². The smallest absolute Gasteiger partial charge is 0.335 e. The molecule has 2 aromatic rings. The zero-order chi connectivity index (χ0) is 14.7. The van der Waals surface area contributed by atoms with Gasteiger partial charge in [0.1, 0.15) is 0 Å². The number of rotatable bonds is 4. The molecule has 1 heterocycles. The average molecular weight is 275 g/mol. The van der Waals surface area contributed by atoms with Crippen LogP contribution in [0.2, 0.25) is 0 Å². The van der Waals surface area contributed by atoms with Crippen molar-refractivity contribution >= 4 is 11.7 Å². The fourth-order valence-electron chi connectivity index (χ4n) is 1.41. The van der Waals surface area contributed by atoms with Gasteiger partial charge in [-0.3, -0.25) is 10.1 Å². The van der Waals surface area contributed by atoms with Gasteiger partial charge in [-0.1, -0.05) is 0 Å². The number of nitrogens with zero attached hydrogens (tertiary/aromatic N) is 3. The van der Waals surface area contributed by atoms with Crippen LogP contribution in [0.15, 0.2) is 30.6 Å². The first kappa shape index (κ1) is 13.4. The zero-order valence-corrected chi connectivity index (χ0v) is 10.3. The summed E-state index contributed by atoms with van der Waals surface area (Å²) in [6, 6.07) is 3.15. The minimum atomic E-state index is -1.21. The number of nitro benzene ring substituents is 1. The average Bonchev–Trinajstić information content (AvgIpc) is 2.41. The normalized spacial score (nSPS) is 10.1. The van der Waals surface area contributed by atoms with Gasteiger partial charge in [0.15, 0.2) is 0 Å². The summed E-state index contributed by atoms with van der Waals surface area (Å²) >= 11 is 0. The van der Waals surface area contributed by atoms with E-state index in [-0.39, 0.29) is 23.0 Å². The van der Waals surface area contributed by atoms with E-state index in [4.69, 9.17) is 9.84 Å². The van der Waals surface area contributed by atoms with E-state index in [1.54, 1.807) is 6.92 Å². The van der Waals surface area contributed by atoms with E-state index in [9.17, 15) is 14.9 Å². The van der Waals surface area contributed by atoms with Gasteiger partial charge >= 0.3 is 17.7 Å². The number of carboxylic acid groups (broad SMARTS) is 1. The molecule has 0 bridgehead atoms. The van der Waals surface area contributed by atoms with Crippen LogP contribution in [0.5, 0.6) is 11.8 Å². The lowest BCUT2D eigenvalue weighted by atomic mass is 10.2. The SMILES string of the molecule is Cc1cnc(Oc2cc(C(=O)O)ccc2[N+](=O)[O-])nc1. The summed E-state index contributed by atoms with van der Waals surface area (Å²) in [5.74, 6) is -1.44.